The molecule has 0 aliphatic carbocycles. The number of aromatic amines is 1. The molecular weight excluding hydrogens is 254 g/mol. The van der Waals surface area contributed by atoms with Crippen LogP contribution in [0.4, 0.5) is 0 Å². The number of nitrogens with zero attached hydrogens (tertiary/aromatic N) is 3. The topological polar surface area (TPSA) is 73.9 Å². The number of aromatic nitrogens is 3. The highest BCUT2D eigenvalue weighted by molar-refractivity contribution is 5.90. The van der Waals surface area contributed by atoms with E-state index in [1.54, 1.807) is 0 Å². The van der Waals surface area contributed by atoms with Crippen LogP contribution in [0, 0.1) is 0 Å². The third-order valence-electron chi connectivity index (χ3n) is 4.43. The summed E-state index contributed by atoms with van der Waals surface area (Å²) in [5, 5.41) is 9.98. The van der Waals surface area contributed by atoms with Crippen molar-refractivity contribution in [3.05, 3.63) is 11.6 Å². The Hall–Kier alpha value is -1.43. The Kier molecular flexibility index (Phi) is 3.74. The molecule has 0 radical (unpaired) electrons. The SMILES string of the molecule is CC(C)c1nc(C(=O)NC2CCN3CCCCC23)n[nH]1. The summed E-state index contributed by atoms with van der Waals surface area (Å²) in [5.41, 5.74) is 0. The summed E-state index contributed by atoms with van der Waals surface area (Å²) in [4.78, 5) is 19.0. The van der Waals surface area contributed by atoms with Gasteiger partial charge in [0.15, 0.2) is 0 Å². The van der Waals surface area contributed by atoms with Gasteiger partial charge in [0.1, 0.15) is 5.82 Å². The van der Waals surface area contributed by atoms with Crippen LogP contribution in [0.25, 0.3) is 0 Å². The van der Waals surface area contributed by atoms with Crippen LogP contribution in [0.1, 0.15) is 61.9 Å². The van der Waals surface area contributed by atoms with Gasteiger partial charge >= 0.3 is 0 Å². The first-order chi connectivity index (χ1) is 9.65. The van der Waals surface area contributed by atoms with E-state index in [4.69, 9.17) is 0 Å². The van der Waals surface area contributed by atoms with Gasteiger partial charge in [0.05, 0.1) is 0 Å². The van der Waals surface area contributed by atoms with Gasteiger partial charge in [-0.3, -0.25) is 14.8 Å². The largest absolute Gasteiger partial charge is 0.345 e. The van der Waals surface area contributed by atoms with Crippen LogP contribution in [-0.4, -0.2) is 51.2 Å². The molecule has 3 rings (SSSR count). The molecule has 2 aliphatic heterocycles. The van der Waals surface area contributed by atoms with Crippen molar-refractivity contribution in [2.75, 3.05) is 13.1 Å². The number of carbonyl (C=O) groups is 1. The summed E-state index contributed by atoms with van der Waals surface area (Å²) >= 11 is 0. The van der Waals surface area contributed by atoms with Gasteiger partial charge in [0, 0.05) is 24.5 Å². The number of amides is 1. The van der Waals surface area contributed by atoms with Crippen LogP contribution in [-0.2, 0) is 0 Å². The van der Waals surface area contributed by atoms with Crippen molar-refractivity contribution < 1.29 is 4.79 Å². The summed E-state index contributed by atoms with van der Waals surface area (Å²) in [6.07, 6.45) is 4.79. The van der Waals surface area contributed by atoms with E-state index >= 15 is 0 Å². The first-order valence-electron chi connectivity index (χ1n) is 7.62. The minimum atomic E-state index is -0.148. The highest BCUT2D eigenvalue weighted by Gasteiger charge is 2.36. The zero-order valence-electron chi connectivity index (χ0n) is 12.2. The molecule has 2 aliphatic rings. The molecule has 1 aromatic heterocycles. The molecule has 0 spiro atoms. The summed E-state index contributed by atoms with van der Waals surface area (Å²) < 4.78 is 0. The minimum absolute atomic E-state index is 0.148. The Balaban J connectivity index is 1.63. The number of hydrogen-bond donors (Lipinski definition) is 2. The first kappa shape index (κ1) is 13.5. The Morgan fingerprint density at radius 2 is 2.20 bits per heavy atom. The third-order valence-corrected chi connectivity index (χ3v) is 4.43. The molecule has 1 amide bonds. The number of fused-ring (bicyclic) bond motifs is 1. The second kappa shape index (κ2) is 5.52. The van der Waals surface area contributed by atoms with Gasteiger partial charge < -0.3 is 5.32 Å². The highest BCUT2D eigenvalue weighted by Crippen LogP contribution is 2.27. The molecular formula is C14H23N5O. The van der Waals surface area contributed by atoms with E-state index in [2.05, 4.69) is 25.4 Å². The molecule has 1 aromatic rings. The molecule has 20 heavy (non-hydrogen) atoms. The molecule has 0 saturated carbocycles. The summed E-state index contributed by atoms with van der Waals surface area (Å²) in [6, 6.07) is 0.764. The Morgan fingerprint density at radius 1 is 1.35 bits per heavy atom. The van der Waals surface area contributed by atoms with E-state index in [0.717, 1.165) is 18.8 Å². The Bertz CT molecular complexity index is 484. The molecule has 2 saturated heterocycles. The lowest BCUT2D eigenvalue weighted by atomic mass is 9.99. The van der Waals surface area contributed by atoms with E-state index in [0.29, 0.717) is 6.04 Å². The smallest absolute Gasteiger partial charge is 0.291 e. The van der Waals surface area contributed by atoms with Crippen molar-refractivity contribution in [1.82, 2.24) is 25.4 Å². The number of nitrogens with one attached hydrogen (secondary N) is 2. The zero-order valence-corrected chi connectivity index (χ0v) is 12.2. The molecule has 0 aromatic carbocycles. The van der Waals surface area contributed by atoms with Gasteiger partial charge in [-0.25, -0.2) is 4.98 Å². The van der Waals surface area contributed by atoms with E-state index < -0.39 is 0 Å². The van der Waals surface area contributed by atoms with E-state index in [1.807, 2.05) is 13.8 Å². The molecule has 110 valence electrons. The van der Waals surface area contributed by atoms with Crippen molar-refractivity contribution >= 4 is 5.91 Å². The summed E-state index contributed by atoms with van der Waals surface area (Å²) in [6.45, 7) is 6.33. The van der Waals surface area contributed by atoms with E-state index in [-0.39, 0.29) is 23.7 Å². The molecule has 3 heterocycles. The number of H-pyrrole nitrogens is 1. The standard InChI is InChI=1S/C14H23N5O/c1-9(2)12-16-13(18-17-12)14(20)15-10-6-8-19-7-4-3-5-11(10)19/h9-11H,3-8H2,1-2H3,(H,15,20)(H,16,17,18). The van der Waals surface area contributed by atoms with Gasteiger partial charge in [0.25, 0.3) is 5.91 Å². The van der Waals surface area contributed by atoms with Gasteiger partial charge in [0.2, 0.25) is 5.82 Å². The lowest BCUT2D eigenvalue weighted by Gasteiger charge is -2.32. The van der Waals surface area contributed by atoms with Crippen LogP contribution >= 0.6 is 0 Å². The fourth-order valence-corrected chi connectivity index (χ4v) is 3.28. The lowest BCUT2D eigenvalue weighted by Crippen LogP contribution is -2.47. The maximum Gasteiger partial charge on any atom is 0.291 e. The number of hydrogen-bond acceptors (Lipinski definition) is 4. The fraction of sp³-hybridized carbons (Fsp3) is 0.786. The van der Waals surface area contributed by atoms with Crippen LogP contribution in [0.15, 0.2) is 0 Å². The van der Waals surface area contributed by atoms with Crippen LogP contribution < -0.4 is 5.32 Å². The minimum Gasteiger partial charge on any atom is -0.345 e. The van der Waals surface area contributed by atoms with Crippen molar-refractivity contribution in [3.63, 3.8) is 0 Å². The predicted octanol–water partition coefficient (Wildman–Crippen LogP) is 1.28. The highest BCUT2D eigenvalue weighted by atomic mass is 16.2. The lowest BCUT2D eigenvalue weighted by molar-refractivity contribution is 0.0905. The number of carbonyl (C=O) groups excluding carboxylic acids is 1. The molecule has 0 bridgehead atoms. The van der Waals surface area contributed by atoms with E-state index in [9.17, 15) is 4.79 Å². The van der Waals surface area contributed by atoms with Gasteiger partial charge in [-0.1, -0.05) is 20.3 Å². The number of piperidine rings is 1. The molecule has 6 nitrogen and oxygen atoms in total. The first-order valence-corrected chi connectivity index (χ1v) is 7.62. The van der Waals surface area contributed by atoms with Crippen molar-refractivity contribution in [2.45, 2.75) is 57.5 Å². The van der Waals surface area contributed by atoms with Gasteiger partial charge in [-0.2, -0.15) is 0 Å². The average molecular weight is 277 g/mol. The van der Waals surface area contributed by atoms with Gasteiger partial charge in [-0.15, -0.1) is 5.10 Å². The maximum atomic E-state index is 12.2. The number of rotatable bonds is 3. The van der Waals surface area contributed by atoms with Crippen molar-refractivity contribution in [2.24, 2.45) is 0 Å². The van der Waals surface area contributed by atoms with Crippen LogP contribution in [0.2, 0.25) is 0 Å². The second-order valence-corrected chi connectivity index (χ2v) is 6.17. The Labute approximate surface area is 119 Å². The predicted molar refractivity (Wildman–Crippen MR) is 75.6 cm³/mol. The molecule has 2 N–H and O–H groups in total. The van der Waals surface area contributed by atoms with E-state index in [1.165, 1.54) is 25.8 Å². The molecule has 6 heteroatoms. The molecule has 2 atom stereocenters. The van der Waals surface area contributed by atoms with Gasteiger partial charge in [-0.05, 0) is 25.8 Å². The van der Waals surface area contributed by atoms with Crippen molar-refractivity contribution in [1.29, 1.82) is 0 Å². The molecule has 2 unspecified atom stereocenters. The zero-order chi connectivity index (χ0) is 14.1. The second-order valence-electron chi connectivity index (χ2n) is 6.17. The normalized spacial score (nSPS) is 26.8. The van der Waals surface area contributed by atoms with Crippen molar-refractivity contribution in [3.8, 4) is 0 Å². The maximum absolute atomic E-state index is 12.2. The summed E-state index contributed by atoms with van der Waals surface area (Å²) in [5.74, 6) is 1.14. The van der Waals surface area contributed by atoms with Crippen LogP contribution in [0.3, 0.4) is 0 Å². The summed E-state index contributed by atoms with van der Waals surface area (Å²) in [7, 11) is 0. The monoisotopic (exact) mass is 277 g/mol. The third kappa shape index (κ3) is 2.57. The molecule has 2 fully saturated rings. The average Bonchev–Trinajstić information content (AvgIpc) is 3.06. The Morgan fingerprint density at radius 3 is 2.95 bits per heavy atom. The fourth-order valence-electron chi connectivity index (χ4n) is 3.28. The van der Waals surface area contributed by atoms with Crippen LogP contribution in [0.5, 0.6) is 0 Å². The quantitative estimate of drug-likeness (QED) is 0.873.